The Kier molecular flexibility index (Phi) is 3.96. The Morgan fingerprint density at radius 1 is 1.07 bits per heavy atom. The number of hydrogen-bond donors (Lipinski definition) is 2. The van der Waals surface area contributed by atoms with Crippen molar-refractivity contribution in [1.82, 2.24) is 9.97 Å². The van der Waals surface area contributed by atoms with Crippen LogP contribution in [0.2, 0.25) is 5.02 Å². The van der Waals surface area contributed by atoms with Gasteiger partial charge in [0.1, 0.15) is 17.2 Å². The molecule has 4 aromatic rings. The third-order valence-corrected chi connectivity index (χ3v) is 4.52. The van der Waals surface area contributed by atoms with Crippen molar-refractivity contribution in [2.75, 3.05) is 11.5 Å². The van der Waals surface area contributed by atoms with Gasteiger partial charge in [-0.3, -0.25) is 4.98 Å². The van der Waals surface area contributed by atoms with Gasteiger partial charge in [0.05, 0.1) is 16.0 Å². The first-order valence-electron chi connectivity index (χ1n) is 7.92. The van der Waals surface area contributed by atoms with Gasteiger partial charge in [-0.05, 0) is 36.8 Å². The lowest BCUT2D eigenvalue weighted by molar-refractivity contribution is 0.586. The number of halogens is 3. The van der Waals surface area contributed by atoms with Crippen LogP contribution in [0.15, 0.2) is 40.9 Å². The van der Waals surface area contributed by atoms with E-state index in [1.54, 1.807) is 25.3 Å². The predicted molar refractivity (Wildman–Crippen MR) is 101 cm³/mol. The van der Waals surface area contributed by atoms with Gasteiger partial charge in [-0.25, -0.2) is 9.37 Å². The zero-order chi connectivity index (χ0) is 19.3. The number of hydrogen-bond acceptors (Lipinski definition) is 5. The van der Waals surface area contributed by atoms with E-state index >= 15 is 4.39 Å². The zero-order valence-electron chi connectivity index (χ0n) is 14.1. The van der Waals surface area contributed by atoms with Gasteiger partial charge in [-0.2, -0.15) is 4.39 Å². The molecule has 1 aromatic carbocycles. The van der Waals surface area contributed by atoms with Crippen LogP contribution in [0.5, 0.6) is 0 Å². The van der Waals surface area contributed by atoms with Crippen molar-refractivity contribution in [3.63, 3.8) is 0 Å². The van der Waals surface area contributed by atoms with Crippen molar-refractivity contribution in [1.29, 1.82) is 0 Å². The lowest BCUT2D eigenvalue weighted by Crippen LogP contribution is -1.97. The van der Waals surface area contributed by atoms with Crippen LogP contribution in [0.1, 0.15) is 5.69 Å². The van der Waals surface area contributed by atoms with Crippen molar-refractivity contribution in [2.24, 2.45) is 0 Å². The highest BCUT2D eigenvalue weighted by atomic mass is 35.5. The summed E-state index contributed by atoms with van der Waals surface area (Å²) in [6.45, 7) is 1.80. The number of benzene rings is 1. The molecular weight excluding hydrogens is 374 g/mol. The van der Waals surface area contributed by atoms with Gasteiger partial charge in [0.25, 0.3) is 0 Å². The minimum absolute atomic E-state index is 0.0411. The molecule has 0 radical (unpaired) electrons. The second kappa shape index (κ2) is 6.21. The quantitative estimate of drug-likeness (QED) is 0.475. The molecule has 0 aliphatic heterocycles. The molecule has 136 valence electrons. The highest BCUT2D eigenvalue weighted by Gasteiger charge is 2.24. The van der Waals surface area contributed by atoms with Gasteiger partial charge < -0.3 is 15.9 Å². The van der Waals surface area contributed by atoms with Crippen LogP contribution in [0, 0.1) is 18.7 Å². The number of nitrogen functional groups attached to an aromatic ring is 2. The molecule has 0 saturated carbocycles. The molecule has 0 unspecified atom stereocenters. The van der Waals surface area contributed by atoms with Crippen molar-refractivity contribution in [3.8, 4) is 22.4 Å². The van der Waals surface area contributed by atoms with E-state index in [1.165, 1.54) is 12.1 Å². The van der Waals surface area contributed by atoms with Crippen LogP contribution < -0.4 is 11.5 Å². The minimum atomic E-state index is -0.804. The summed E-state index contributed by atoms with van der Waals surface area (Å²) in [6.07, 6.45) is 1.58. The average Bonchev–Trinajstić information content (AvgIpc) is 2.92. The van der Waals surface area contributed by atoms with Crippen molar-refractivity contribution >= 4 is 34.1 Å². The maximum atomic E-state index is 15.1. The van der Waals surface area contributed by atoms with E-state index in [1.807, 2.05) is 0 Å². The smallest absolute Gasteiger partial charge is 0.222 e. The second-order valence-corrected chi connectivity index (χ2v) is 6.43. The van der Waals surface area contributed by atoms with E-state index < -0.39 is 11.8 Å². The van der Waals surface area contributed by atoms with Gasteiger partial charge >= 0.3 is 0 Å². The van der Waals surface area contributed by atoms with Crippen LogP contribution >= 0.6 is 11.6 Å². The summed E-state index contributed by atoms with van der Waals surface area (Å²) in [5.41, 5.74) is 14.1. The third kappa shape index (κ3) is 2.76. The fourth-order valence-electron chi connectivity index (χ4n) is 2.99. The van der Waals surface area contributed by atoms with Crippen molar-refractivity contribution < 1.29 is 13.2 Å². The summed E-state index contributed by atoms with van der Waals surface area (Å²) >= 11 is 5.85. The van der Waals surface area contributed by atoms with Crippen LogP contribution in [0.25, 0.3) is 33.4 Å². The number of fused-ring (bicyclic) bond motifs is 1. The van der Waals surface area contributed by atoms with E-state index in [2.05, 4.69) is 9.97 Å². The SMILES string of the molecule is Cc1cc(-c2nc(F)c(-c3ccc(F)c(Cl)c3)c3c(N)c(N)oc23)ccn1. The molecule has 0 aliphatic rings. The molecule has 3 aromatic heterocycles. The van der Waals surface area contributed by atoms with Crippen molar-refractivity contribution in [2.45, 2.75) is 6.92 Å². The Morgan fingerprint density at radius 3 is 2.56 bits per heavy atom. The number of nitrogens with zero attached hydrogens (tertiary/aromatic N) is 2. The molecule has 27 heavy (non-hydrogen) atoms. The number of aromatic nitrogens is 2. The summed E-state index contributed by atoms with van der Waals surface area (Å²) < 4.78 is 34.2. The molecule has 8 heteroatoms. The highest BCUT2D eigenvalue weighted by Crippen LogP contribution is 2.43. The largest absolute Gasteiger partial charge is 0.436 e. The van der Waals surface area contributed by atoms with Gasteiger partial charge in [-0.1, -0.05) is 17.7 Å². The number of furan rings is 1. The predicted octanol–water partition coefficient (Wildman–Crippen LogP) is 4.96. The fraction of sp³-hybridized carbons (Fsp3) is 0.0526. The molecule has 0 amide bonds. The molecular formula is C19H13ClF2N4O. The Bertz CT molecular complexity index is 1210. The molecule has 0 bridgehead atoms. The normalized spacial score (nSPS) is 11.3. The molecule has 0 spiro atoms. The highest BCUT2D eigenvalue weighted by molar-refractivity contribution is 6.31. The lowest BCUT2D eigenvalue weighted by atomic mass is 10.00. The molecule has 0 saturated heterocycles. The van der Waals surface area contributed by atoms with Gasteiger partial charge in [-0.15, -0.1) is 0 Å². The van der Waals surface area contributed by atoms with Crippen molar-refractivity contribution in [3.05, 3.63) is 59.0 Å². The average molecular weight is 387 g/mol. The zero-order valence-corrected chi connectivity index (χ0v) is 14.8. The molecule has 0 aliphatic carbocycles. The minimum Gasteiger partial charge on any atom is -0.436 e. The second-order valence-electron chi connectivity index (χ2n) is 6.03. The van der Waals surface area contributed by atoms with E-state index in [4.69, 9.17) is 27.5 Å². The number of pyridine rings is 2. The Hall–Kier alpha value is -3.19. The monoisotopic (exact) mass is 386 g/mol. The Balaban J connectivity index is 2.09. The van der Waals surface area contributed by atoms with Gasteiger partial charge in [0.15, 0.2) is 5.58 Å². The first kappa shape index (κ1) is 17.2. The van der Waals surface area contributed by atoms with Gasteiger partial charge in [0.2, 0.25) is 11.8 Å². The Labute approximate surface area is 157 Å². The summed E-state index contributed by atoms with van der Waals surface area (Å²) in [5, 5.41) is 0.107. The van der Waals surface area contributed by atoms with E-state index in [-0.39, 0.29) is 38.8 Å². The number of rotatable bonds is 2. The maximum Gasteiger partial charge on any atom is 0.222 e. The molecule has 0 fully saturated rings. The summed E-state index contributed by atoms with van der Waals surface area (Å²) in [5.74, 6) is -1.48. The first-order valence-corrected chi connectivity index (χ1v) is 8.30. The standard InChI is InChI=1S/C19H13ClF2N4O/c1-8-6-10(4-5-25-8)16-17-14(15(23)19(24)27-17)13(18(22)26-16)9-2-3-12(21)11(20)7-9/h2-7H,23-24H2,1H3. The molecule has 3 heterocycles. The van der Waals surface area contributed by atoms with E-state index in [0.29, 0.717) is 11.1 Å². The van der Waals surface area contributed by atoms with Gasteiger partial charge in [0, 0.05) is 17.5 Å². The third-order valence-electron chi connectivity index (χ3n) is 4.23. The summed E-state index contributed by atoms with van der Waals surface area (Å²) in [4.78, 5) is 8.18. The van der Waals surface area contributed by atoms with E-state index in [9.17, 15) is 4.39 Å². The van der Waals surface area contributed by atoms with Crippen LogP contribution in [-0.2, 0) is 0 Å². The molecule has 0 atom stereocenters. The van der Waals surface area contributed by atoms with E-state index in [0.717, 1.165) is 11.8 Å². The fourth-order valence-corrected chi connectivity index (χ4v) is 3.17. The van der Waals surface area contributed by atoms with Crippen LogP contribution in [0.3, 0.4) is 0 Å². The summed E-state index contributed by atoms with van der Waals surface area (Å²) in [7, 11) is 0. The summed E-state index contributed by atoms with van der Waals surface area (Å²) in [6, 6.07) is 7.25. The Morgan fingerprint density at radius 2 is 1.85 bits per heavy atom. The number of nitrogens with two attached hydrogens (primary N) is 2. The molecule has 4 rings (SSSR count). The number of aryl methyl sites for hydroxylation is 1. The van der Waals surface area contributed by atoms with Crippen LogP contribution in [0.4, 0.5) is 20.4 Å². The maximum absolute atomic E-state index is 15.1. The van der Waals surface area contributed by atoms with Crippen LogP contribution in [-0.4, -0.2) is 9.97 Å². The molecule has 5 nitrogen and oxygen atoms in total. The topological polar surface area (TPSA) is 91.0 Å². The lowest BCUT2D eigenvalue weighted by Gasteiger charge is -2.10. The number of anilines is 2. The molecule has 4 N–H and O–H groups in total. The first-order chi connectivity index (χ1) is 12.9.